The molecule has 6 heteroatoms. The molecule has 1 unspecified atom stereocenters. The SMILES string of the molecule is CC1(C)Oc2ccc(C#N)cc2C(N2CCSC2=O)[C@@H]1O. The summed E-state index contributed by atoms with van der Waals surface area (Å²) in [6.07, 6.45) is -0.846. The minimum Gasteiger partial charge on any atom is -0.485 e. The van der Waals surface area contributed by atoms with E-state index in [1.54, 1.807) is 36.9 Å². The molecular weight excluding hydrogens is 288 g/mol. The van der Waals surface area contributed by atoms with Crippen LogP contribution < -0.4 is 4.74 Å². The van der Waals surface area contributed by atoms with Crippen molar-refractivity contribution in [2.75, 3.05) is 12.3 Å². The van der Waals surface area contributed by atoms with E-state index in [-0.39, 0.29) is 5.24 Å². The van der Waals surface area contributed by atoms with E-state index in [2.05, 4.69) is 6.07 Å². The van der Waals surface area contributed by atoms with Crippen molar-refractivity contribution in [2.45, 2.75) is 31.6 Å². The number of aliphatic hydroxyl groups is 1. The van der Waals surface area contributed by atoms with E-state index in [1.807, 2.05) is 0 Å². The molecule has 3 rings (SSSR count). The van der Waals surface area contributed by atoms with Gasteiger partial charge >= 0.3 is 0 Å². The molecular formula is C15H16N2O3S. The molecule has 1 fully saturated rings. The Morgan fingerprint density at radius 1 is 1.52 bits per heavy atom. The van der Waals surface area contributed by atoms with Crippen molar-refractivity contribution in [3.8, 4) is 11.8 Å². The zero-order valence-electron chi connectivity index (χ0n) is 11.9. The summed E-state index contributed by atoms with van der Waals surface area (Å²) in [7, 11) is 0. The Bertz CT molecular complexity index is 638. The summed E-state index contributed by atoms with van der Waals surface area (Å²) >= 11 is 1.26. The third kappa shape index (κ3) is 2.27. The highest BCUT2D eigenvalue weighted by Gasteiger charge is 2.47. The third-order valence-electron chi connectivity index (χ3n) is 3.97. The summed E-state index contributed by atoms with van der Waals surface area (Å²) in [5.41, 5.74) is 0.407. The first kappa shape index (κ1) is 14.2. The van der Waals surface area contributed by atoms with Crippen molar-refractivity contribution in [2.24, 2.45) is 0 Å². The van der Waals surface area contributed by atoms with Crippen LogP contribution in [0.15, 0.2) is 18.2 Å². The van der Waals surface area contributed by atoms with Crippen molar-refractivity contribution in [3.05, 3.63) is 29.3 Å². The molecule has 1 amide bonds. The van der Waals surface area contributed by atoms with Gasteiger partial charge in [-0.3, -0.25) is 4.79 Å². The molecule has 2 aliphatic heterocycles. The molecule has 2 atom stereocenters. The van der Waals surface area contributed by atoms with E-state index < -0.39 is 17.7 Å². The van der Waals surface area contributed by atoms with Gasteiger partial charge in [-0.05, 0) is 32.0 Å². The van der Waals surface area contributed by atoms with Gasteiger partial charge < -0.3 is 14.7 Å². The van der Waals surface area contributed by atoms with Crippen LogP contribution in [0.2, 0.25) is 0 Å². The predicted octanol–water partition coefficient (Wildman–Crippen LogP) is 2.30. The van der Waals surface area contributed by atoms with Gasteiger partial charge in [-0.2, -0.15) is 5.26 Å². The normalized spacial score (nSPS) is 27.0. The molecule has 2 aliphatic rings. The summed E-state index contributed by atoms with van der Waals surface area (Å²) in [6, 6.07) is 6.74. The van der Waals surface area contributed by atoms with E-state index in [9.17, 15) is 9.90 Å². The van der Waals surface area contributed by atoms with E-state index in [0.29, 0.717) is 23.4 Å². The molecule has 21 heavy (non-hydrogen) atoms. The van der Waals surface area contributed by atoms with Gasteiger partial charge in [0, 0.05) is 17.9 Å². The van der Waals surface area contributed by atoms with Crippen LogP contribution in [0.25, 0.3) is 0 Å². The zero-order valence-corrected chi connectivity index (χ0v) is 12.7. The summed E-state index contributed by atoms with van der Waals surface area (Å²) in [4.78, 5) is 13.7. The van der Waals surface area contributed by atoms with E-state index in [1.165, 1.54) is 11.8 Å². The first-order valence-corrected chi connectivity index (χ1v) is 7.77. The number of fused-ring (bicyclic) bond motifs is 1. The summed E-state index contributed by atoms with van der Waals surface area (Å²) < 4.78 is 5.85. The number of carbonyl (C=O) groups is 1. The summed E-state index contributed by atoms with van der Waals surface area (Å²) in [6.45, 7) is 4.20. The molecule has 1 N–H and O–H groups in total. The van der Waals surface area contributed by atoms with Gasteiger partial charge in [0.25, 0.3) is 5.24 Å². The molecule has 0 aliphatic carbocycles. The number of amides is 1. The Labute approximate surface area is 127 Å². The first-order valence-electron chi connectivity index (χ1n) is 6.78. The maximum atomic E-state index is 12.1. The van der Waals surface area contributed by atoms with Crippen molar-refractivity contribution in [3.63, 3.8) is 0 Å². The van der Waals surface area contributed by atoms with Crippen LogP contribution in [0, 0.1) is 11.3 Å². The molecule has 1 aromatic rings. The summed E-state index contributed by atoms with van der Waals surface area (Å²) in [5.74, 6) is 1.34. The number of hydrogen-bond acceptors (Lipinski definition) is 5. The van der Waals surface area contributed by atoms with Crippen LogP contribution in [-0.4, -0.2) is 39.2 Å². The number of nitriles is 1. The number of ether oxygens (including phenoxy) is 1. The second kappa shape index (κ2) is 4.93. The van der Waals surface area contributed by atoms with Crippen LogP contribution in [0.1, 0.15) is 31.0 Å². The predicted molar refractivity (Wildman–Crippen MR) is 79.2 cm³/mol. The number of hydrogen-bond donors (Lipinski definition) is 1. The smallest absolute Gasteiger partial charge is 0.282 e. The largest absolute Gasteiger partial charge is 0.485 e. The lowest BCUT2D eigenvalue weighted by Gasteiger charge is -2.45. The number of thioether (sulfide) groups is 1. The van der Waals surface area contributed by atoms with Crippen LogP contribution >= 0.6 is 11.8 Å². The molecule has 0 aromatic heterocycles. The average Bonchev–Trinajstić information content (AvgIpc) is 2.86. The minimum absolute atomic E-state index is 0.0370. The fourth-order valence-corrected chi connectivity index (χ4v) is 3.67. The standard InChI is InChI=1S/C15H16N2O3S/c1-15(2)13(18)12(17-5-6-21-14(17)19)10-7-9(8-16)3-4-11(10)20-15/h3-4,7,12-13,18H,5-6H2,1-2H3/t12?,13-/m0/s1. The molecule has 5 nitrogen and oxygen atoms in total. The fourth-order valence-electron chi connectivity index (χ4n) is 2.83. The Morgan fingerprint density at radius 3 is 2.90 bits per heavy atom. The zero-order chi connectivity index (χ0) is 15.2. The first-order chi connectivity index (χ1) is 9.94. The highest BCUT2D eigenvalue weighted by atomic mass is 32.2. The second-order valence-electron chi connectivity index (χ2n) is 5.77. The van der Waals surface area contributed by atoms with Crippen LogP contribution in [0.3, 0.4) is 0 Å². The van der Waals surface area contributed by atoms with Crippen molar-refractivity contribution < 1.29 is 14.6 Å². The lowest BCUT2D eigenvalue weighted by atomic mass is 9.85. The maximum Gasteiger partial charge on any atom is 0.282 e. The van der Waals surface area contributed by atoms with Gasteiger partial charge in [0.2, 0.25) is 0 Å². The third-order valence-corrected chi connectivity index (χ3v) is 4.84. The van der Waals surface area contributed by atoms with Crippen molar-refractivity contribution >= 4 is 17.0 Å². The Balaban J connectivity index is 2.12. The minimum atomic E-state index is -0.846. The van der Waals surface area contributed by atoms with E-state index >= 15 is 0 Å². The maximum absolute atomic E-state index is 12.1. The lowest BCUT2D eigenvalue weighted by Crippen LogP contribution is -2.53. The van der Waals surface area contributed by atoms with Gasteiger partial charge in [0.05, 0.1) is 17.7 Å². The Kier molecular flexibility index (Phi) is 3.34. The van der Waals surface area contributed by atoms with Crippen LogP contribution in [-0.2, 0) is 0 Å². The van der Waals surface area contributed by atoms with Crippen molar-refractivity contribution in [1.29, 1.82) is 5.26 Å². The summed E-state index contributed by atoms with van der Waals surface area (Å²) in [5, 5.41) is 19.7. The monoisotopic (exact) mass is 304 g/mol. The van der Waals surface area contributed by atoms with Crippen LogP contribution in [0.5, 0.6) is 5.75 Å². The quantitative estimate of drug-likeness (QED) is 0.862. The molecule has 110 valence electrons. The fraction of sp³-hybridized carbons (Fsp3) is 0.467. The molecule has 1 aromatic carbocycles. The highest BCUT2D eigenvalue weighted by molar-refractivity contribution is 8.13. The highest BCUT2D eigenvalue weighted by Crippen LogP contribution is 2.45. The number of rotatable bonds is 1. The molecule has 0 spiro atoms. The number of carbonyl (C=O) groups excluding carboxylic acids is 1. The number of aliphatic hydroxyl groups excluding tert-OH is 1. The van der Waals surface area contributed by atoms with Crippen molar-refractivity contribution in [1.82, 2.24) is 4.90 Å². The number of nitrogens with zero attached hydrogens (tertiary/aromatic N) is 2. The van der Waals surface area contributed by atoms with Gasteiger partial charge in [-0.15, -0.1) is 0 Å². The van der Waals surface area contributed by atoms with E-state index in [0.717, 1.165) is 5.75 Å². The molecule has 0 saturated carbocycles. The number of benzene rings is 1. The van der Waals surface area contributed by atoms with Gasteiger partial charge in [0.15, 0.2) is 0 Å². The molecule has 1 saturated heterocycles. The molecule has 2 heterocycles. The van der Waals surface area contributed by atoms with Gasteiger partial charge in [-0.1, -0.05) is 11.8 Å². The second-order valence-corrected chi connectivity index (χ2v) is 6.81. The average molecular weight is 304 g/mol. The molecule has 0 bridgehead atoms. The Hall–Kier alpha value is -1.71. The van der Waals surface area contributed by atoms with E-state index in [4.69, 9.17) is 10.00 Å². The molecule has 0 radical (unpaired) electrons. The van der Waals surface area contributed by atoms with Gasteiger partial charge in [-0.25, -0.2) is 0 Å². The topological polar surface area (TPSA) is 73.6 Å². The van der Waals surface area contributed by atoms with Crippen LogP contribution in [0.4, 0.5) is 4.79 Å². The Morgan fingerprint density at radius 2 is 2.29 bits per heavy atom. The lowest BCUT2D eigenvalue weighted by molar-refractivity contribution is -0.0820. The van der Waals surface area contributed by atoms with Gasteiger partial charge in [0.1, 0.15) is 17.5 Å².